The molecular formula is C31H21ClN2O3S. The Bertz CT molecular complexity index is 1650. The molecule has 0 unspecified atom stereocenters. The fourth-order valence-corrected chi connectivity index (χ4v) is 7.38. The van der Waals surface area contributed by atoms with E-state index in [2.05, 4.69) is 5.32 Å². The smallest absolute Gasteiger partial charge is 0.238 e. The summed E-state index contributed by atoms with van der Waals surface area (Å²) in [5.41, 5.74) is 2.21. The summed E-state index contributed by atoms with van der Waals surface area (Å²) < 4.78 is 0. The summed E-state index contributed by atoms with van der Waals surface area (Å²) in [5, 5.41) is 5.46. The number of para-hydroxylation sites is 1. The lowest BCUT2D eigenvalue weighted by atomic mass is 9.64. The van der Waals surface area contributed by atoms with Crippen LogP contribution in [0.25, 0.3) is 6.08 Å². The van der Waals surface area contributed by atoms with Crippen molar-refractivity contribution in [2.24, 2.45) is 5.92 Å². The highest BCUT2D eigenvalue weighted by Crippen LogP contribution is 2.58. The number of Topliss-reactive ketones (excluding diaryl/α,β-unsaturated/α-hetero) is 2. The van der Waals surface area contributed by atoms with Crippen LogP contribution in [-0.2, 0) is 10.2 Å². The van der Waals surface area contributed by atoms with Gasteiger partial charge in [0.2, 0.25) is 5.91 Å². The highest BCUT2D eigenvalue weighted by molar-refractivity contribution is 7.12. The summed E-state index contributed by atoms with van der Waals surface area (Å²) in [6.45, 7) is 0. The molecule has 4 aromatic rings. The van der Waals surface area contributed by atoms with E-state index in [4.69, 9.17) is 11.6 Å². The molecule has 7 heteroatoms. The van der Waals surface area contributed by atoms with Gasteiger partial charge in [0.25, 0.3) is 0 Å². The Kier molecular flexibility index (Phi) is 5.18. The molecule has 38 heavy (non-hydrogen) atoms. The van der Waals surface area contributed by atoms with Crippen molar-refractivity contribution in [1.29, 1.82) is 0 Å². The van der Waals surface area contributed by atoms with E-state index in [1.54, 1.807) is 24.3 Å². The number of halogens is 1. The fraction of sp³-hybridized carbons (Fsp3) is 0.129. The molecule has 4 heterocycles. The standard InChI is InChI=1S/C31H21ClN2O3S/c32-20-13-14-23-19(17-20)12-15-25-31(21-9-4-5-10-22(21)33-30(31)37)26(29(36)24-11-6-16-38-24)27(34(23)25)28(35)18-7-2-1-3-8-18/h1-17,25-27H,(H,33,37)/t25-,26-,27+,31+/m1/s1. The van der Waals surface area contributed by atoms with E-state index in [0.29, 0.717) is 21.2 Å². The predicted molar refractivity (Wildman–Crippen MR) is 150 cm³/mol. The Hall–Kier alpha value is -4.00. The Balaban J connectivity index is 1.55. The molecular weight excluding hydrogens is 516 g/mol. The number of carbonyl (C=O) groups is 3. The number of carbonyl (C=O) groups excluding carboxylic acids is 3. The molecule has 4 atom stereocenters. The van der Waals surface area contributed by atoms with Gasteiger partial charge in [0.05, 0.1) is 16.8 Å². The maximum absolute atomic E-state index is 14.5. The van der Waals surface area contributed by atoms with Gasteiger partial charge in [-0.3, -0.25) is 14.4 Å². The van der Waals surface area contributed by atoms with E-state index in [1.165, 1.54) is 11.3 Å². The lowest BCUT2D eigenvalue weighted by Crippen LogP contribution is -2.51. The molecule has 5 nitrogen and oxygen atoms in total. The van der Waals surface area contributed by atoms with Crippen LogP contribution in [0.2, 0.25) is 5.02 Å². The van der Waals surface area contributed by atoms with Crippen LogP contribution in [0.1, 0.15) is 31.2 Å². The number of nitrogens with zero attached hydrogens (tertiary/aromatic N) is 1. The zero-order valence-electron chi connectivity index (χ0n) is 20.0. The summed E-state index contributed by atoms with van der Waals surface area (Å²) in [4.78, 5) is 45.7. The summed E-state index contributed by atoms with van der Waals surface area (Å²) in [6, 6.07) is 24.1. The monoisotopic (exact) mass is 536 g/mol. The molecule has 1 fully saturated rings. The molecule has 1 saturated heterocycles. The first-order valence-corrected chi connectivity index (χ1v) is 13.6. The van der Waals surface area contributed by atoms with Crippen LogP contribution >= 0.6 is 22.9 Å². The molecule has 3 aliphatic heterocycles. The van der Waals surface area contributed by atoms with Gasteiger partial charge in [0, 0.05) is 22.0 Å². The Morgan fingerprint density at radius 1 is 0.921 bits per heavy atom. The van der Waals surface area contributed by atoms with E-state index in [0.717, 1.165) is 16.8 Å². The van der Waals surface area contributed by atoms with Gasteiger partial charge >= 0.3 is 0 Å². The maximum atomic E-state index is 14.5. The summed E-state index contributed by atoms with van der Waals surface area (Å²) in [7, 11) is 0. The van der Waals surface area contributed by atoms with Crippen molar-refractivity contribution in [3.63, 3.8) is 0 Å². The number of hydrogen-bond acceptors (Lipinski definition) is 5. The second-order valence-corrected chi connectivity index (χ2v) is 11.2. The summed E-state index contributed by atoms with van der Waals surface area (Å²) >= 11 is 7.66. The van der Waals surface area contributed by atoms with Gasteiger partial charge < -0.3 is 10.2 Å². The highest BCUT2D eigenvalue weighted by Gasteiger charge is 2.70. The van der Waals surface area contributed by atoms with Gasteiger partial charge in [-0.25, -0.2) is 0 Å². The van der Waals surface area contributed by atoms with E-state index >= 15 is 0 Å². The molecule has 1 spiro atoms. The quantitative estimate of drug-likeness (QED) is 0.313. The van der Waals surface area contributed by atoms with Crippen molar-refractivity contribution in [1.82, 2.24) is 0 Å². The normalized spacial score (nSPS) is 24.6. The summed E-state index contributed by atoms with van der Waals surface area (Å²) in [6.07, 6.45) is 3.90. The zero-order chi connectivity index (χ0) is 26.0. The van der Waals surface area contributed by atoms with Crippen LogP contribution in [0.15, 0.2) is 96.4 Å². The third kappa shape index (κ3) is 3.08. The predicted octanol–water partition coefficient (Wildman–Crippen LogP) is 6.26. The molecule has 0 saturated carbocycles. The van der Waals surface area contributed by atoms with Crippen LogP contribution in [0.5, 0.6) is 0 Å². The molecule has 1 amide bonds. The van der Waals surface area contributed by atoms with Crippen LogP contribution in [0, 0.1) is 5.92 Å². The largest absolute Gasteiger partial charge is 0.352 e. The number of nitrogens with one attached hydrogen (secondary N) is 1. The number of ketones is 2. The number of rotatable bonds is 4. The number of fused-ring (bicyclic) bond motifs is 6. The first kappa shape index (κ1) is 23.1. The molecule has 186 valence electrons. The first-order chi connectivity index (χ1) is 18.5. The Morgan fingerprint density at radius 2 is 1.71 bits per heavy atom. The van der Waals surface area contributed by atoms with Gasteiger partial charge in [-0.05, 0) is 46.8 Å². The lowest BCUT2D eigenvalue weighted by Gasteiger charge is -2.37. The van der Waals surface area contributed by atoms with Gasteiger partial charge in [0.1, 0.15) is 11.5 Å². The van der Waals surface area contributed by atoms with Crippen molar-refractivity contribution in [3.8, 4) is 0 Å². The molecule has 0 radical (unpaired) electrons. The van der Waals surface area contributed by atoms with Crippen molar-refractivity contribution < 1.29 is 14.4 Å². The Morgan fingerprint density at radius 3 is 2.50 bits per heavy atom. The number of benzene rings is 3. The molecule has 0 bridgehead atoms. The third-order valence-electron chi connectivity index (χ3n) is 7.97. The van der Waals surface area contributed by atoms with Crippen LogP contribution in [-0.4, -0.2) is 29.6 Å². The van der Waals surface area contributed by atoms with Gasteiger partial charge in [0.15, 0.2) is 11.6 Å². The topological polar surface area (TPSA) is 66.5 Å². The number of hydrogen-bond donors (Lipinski definition) is 1. The number of anilines is 2. The molecule has 1 aromatic heterocycles. The highest BCUT2D eigenvalue weighted by atomic mass is 35.5. The van der Waals surface area contributed by atoms with Gasteiger partial charge in [-0.1, -0.05) is 78.4 Å². The molecule has 3 aliphatic rings. The fourth-order valence-electron chi connectivity index (χ4n) is 6.50. The van der Waals surface area contributed by atoms with Crippen molar-refractivity contribution >= 4 is 57.9 Å². The second kappa shape index (κ2) is 8.51. The number of thiophene rings is 1. The van der Waals surface area contributed by atoms with Crippen LogP contribution in [0.3, 0.4) is 0 Å². The minimum atomic E-state index is -1.30. The van der Waals surface area contributed by atoms with Crippen molar-refractivity contribution in [2.45, 2.75) is 17.5 Å². The number of amides is 1. The van der Waals surface area contributed by atoms with Crippen molar-refractivity contribution in [3.05, 3.63) is 123 Å². The Labute approximate surface area is 228 Å². The zero-order valence-corrected chi connectivity index (χ0v) is 21.6. The molecule has 0 aliphatic carbocycles. The summed E-state index contributed by atoms with van der Waals surface area (Å²) in [5.74, 6) is -1.64. The van der Waals surface area contributed by atoms with E-state index in [1.807, 2.05) is 83.1 Å². The minimum absolute atomic E-state index is 0.198. The van der Waals surface area contributed by atoms with E-state index in [-0.39, 0.29) is 17.5 Å². The van der Waals surface area contributed by atoms with Crippen LogP contribution < -0.4 is 10.2 Å². The van der Waals surface area contributed by atoms with Gasteiger partial charge in [-0.15, -0.1) is 11.3 Å². The third-order valence-corrected chi connectivity index (χ3v) is 9.09. The van der Waals surface area contributed by atoms with Gasteiger partial charge in [-0.2, -0.15) is 0 Å². The first-order valence-electron chi connectivity index (χ1n) is 12.4. The lowest BCUT2D eigenvalue weighted by molar-refractivity contribution is -0.121. The molecule has 3 aromatic carbocycles. The molecule has 1 N–H and O–H groups in total. The maximum Gasteiger partial charge on any atom is 0.238 e. The minimum Gasteiger partial charge on any atom is -0.352 e. The second-order valence-electron chi connectivity index (χ2n) is 9.78. The average molecular weight is 537 g/mol. The van der Waals surface area contributed by atoms with Crippen LogP contribution in [0.4, 0.5) is 11.4 Å². The average Bonchev–Trinajstić information content (AvgIpc) is 3.65. The SMILES string of the molecule is O=C(c1ccccc1)[C@@H]1[C@H](C(=O)c2cccs2)[C@@]2(C(=O)Nc3ccccc32)[C@H]2C=Cc3cc(Cl)ccc3N12. The molecule has 7 rings (SSSR count). The van der Waals surface area contributed by atoms with E-state index in [9.17, 15) is 14.4 Å². The van der Waals surface area contributed by atoms with E-state index < -0.39 is 23.4 Å². The van der Waals surface area contributed by atoms with Crippen molar-refractivity contribution in [2.75, 3.05) is 10.2 Å².